The van der Waals surface area contributed by atoms with Crippen LogP contribution >= 0.6 is 0 Å². The molecular weight excluding hydrogens is 280 g/mol. The third-order valence-corrected chi connectivity index (χ3v) is 5.07. The molecule has 0 bridgehead atoms. The van der Waals surface area contributed by atoms with Crippen LogP contribution in [0.2, 0.25) is 0 Å². The van der Waals surface area contributed by atoms with Gasteiger partial charge in [0.25, 0.3) is 5.91 Å². The van der Waals surface area contributed by atoms with Gasteiger partial charge >= 0.3 is 0 Å². The lowest BCUT2D eigenvalue weighted by Gasteiger charge is -2.25. The first-order valence-corrected chi connectivity index (χ1v) is 8.00. The highest BCUT2D eigenvalue weighted by Crippen LogP contribution is 2.42. The molecule has 118 valence electrons. The van der Waals surface area contributed by atoms with Gasteiger partial charge in [-0.25, -0.2) is 0 Å². The zero-order valence-electron chi connectivity index (χ0n) is 13.0. The SMILES string of the molecule is CN1C(=O)C1(COc1ccc(N=O)cc1)CC1CCCCC1. The number of carbonyl (C=O) groups excluding carboxylic acids is 1. The first-order valence-electron chi connectivity index (χ1n) is 8.00. The molecule has 0 N–H and O–H groups in total. The molecular formula is C17H22N2O3. The van der Waals surface area contributed by atoms with Crippen molar-refractivity contribution in [3.8, 4) is 5.75 Å². The van der Waals surface area contributed by atoms with E-state index in [-0.39, 0.29) is 5.91 Å². The highest BCUT2D eigenvalue weighted by atomic mass is 16.5. The second-order valence-electron chi connectivity index (χ2n) is 6.48. The van der Waals surface area contributed by atoms with Crippen molar-refractivity contribution >= 4 is 11.6 Å². The molecule has 0 radical (unpaired) electrons. The lowest BCUT2D eigenvalue weighted by molar-refractivity contribution is -0.114. The zero-order valence-corrected chi connectivity index (χ0v) is 13.0. The van der Waals surface area contributed by atoms with Gasteiger partial charge < -0.3 is 9.64 Å². The minimum Gasteiger partial charge on any atom is -0.491 e. The normalized spacial score (nSPS) is 25.1. The van der Waals surface area contributed by atoms with Crippen LogP contribution in [0.1, 0.15) is 38.5 Å². The molecule has 1 heterocycles. The molecule has 2 fully saturated rings. The first kappa shape index (κ1) is 15.0. The molecule has 1 aliphatic heterocycles. The lowest BCUT2D eigenvalue weighted by Crippen LogP contribution is -2.30. The summed E-state index contributed by atoms with van der Waals surface area (Å²) in [6, 6.07) is 6.68. The van der Waals surface area contributed by atoms with E-state index in [1.807, 2.05) is 11.9 Å². The molecule has 3 rings (SSSR count). The lowest BCUT2D eigenvalue weighted by atomic mass is 9.82. The Morgan fingerprint density at radius 2 is 1.86 bits per heavy atom. The van der Waals surface area contributed by atoms with E-state index in [0.29, 0.717) is 24.0 Å². The minimum absolute atomic E-state index is 0.184. The number of carbonyl (C=O) groups is 1. The summed E-state index contributed by atoms with van der Waals surface area (Å²) in [7, 11) is 1.86. The molecule has 1 unspecified atom stereocenters. The van der Waals surface area contributed by atoms with Gasteiger partial charge in [-0.2, -0.15) is 0 Å². The van der Waals surface area contributed by atoms with E-state index in [1.54, 1.807) is 24.3 Å². The summed E-state index contributed by atoms with van der Waals surface area (Å²) in [5, 5.41) is 2.87. The van der Waals surface area contributed by atoms with E-state index in [1.165, 1.54) is 32.1 Å². The number of nitroso groups, excluding NO2 is 1. The van der Waals surface area contributed by atoms with E-state index < -0.39 is 5.54 Å². The van der Waals surface area contributed by atoms with E-state index >= 15 is 0 Å². The monoisotopic (exact) mass is 302 g/mol. The second kappa shape index (κ2) is 6.07. The molecule has 1 saturated heterocycles. The largest absolute Gasteiger partial charge is 0.491 e. The Labute approximate surface area is 130 Å². The van der Waals surface area contributed by atoms with Gasteiger partial charge in [-0.1, -0.05) is 32.1 Å². The maximum Gasteiger partial charge on any atom is 0.252 e. The van der Waals surface area contributed by atoms with Gasteiger partial charge in [0.1, 0.15) is 18.0 Å². The average molecular weight is 302 g/mol. The van der Waals surface area contributed by atoms with Crippen LogP contribution in [-0.2, 0) is 4.79 Å². The van der Waals surface area contributed by atoms with Crippen LogP contribution in [0.25, 0.3) is 0 Å². The van der Waals surface area contributed by atoms with Crippen molar-refractivity contribution in [1.82, 2.24) is 4.90 Å². The van der Waals surface area contributed by atoms with Gasteiger partial charge in [-0.15, -0.1) is 4.91 Å². The molecule has 1 aliphatic carbocycles. The van der Waals surface area contributed by atoms with Gasteiger partial charge in [-0.3, -0.25) is 4.79 Å². The Balaban J connectivity index is 1.61. The molecule has 0 spiro atoms. The number of hydrogen-bond acceptors (Lipinski definition) is 4. The maximum atomic E-state index is 12.1. The third kappa shape index (κ3) is 2.85. The van der Waals surface area contributed by atoms with Crippen molar-refractivity contribution in [2.24, 2.45) is 11.1 Å². The molecule has 1 atom stereocenters. The topological polar surface area (TPSA) is 58.7 Å². The molecule has 1 aromatic carbocycles. The van der Waals surface area contributed by atoms with Gasteiger partial charge in [0.05, 0.1) is 0 Å². The van der Waals surface area contributed by atoms with Crippen LogP contribution in [0.5, 0.6) is 5.75 Å². The predicted octanol–water partition coefficient (Wildman–Crippen LogP) is 3.64. The standard InChI is InChI=1S/C17H22N2O3/c1-19-16(20)17(19,11-13-5-3-2-4-6-13)12-22-15-9-7-14(18-21)8-10-15/h7-10,13H,2-6,11-12H2,1H3. The summed E-state index contributed by atoms with van der Waals surface area (Å²) >= 11 is 0. The third-order valence-electron chi connectivity index (χ3n) is 5.07. The van der Waals surface area contributed by atoms with Crippen LogP contribution in [0.15, 0.2) is 29.4 Å². The highest BCUT2D eigenvalue weighted by molar-refractivity contribution is 6.02. The molecule has 5 nitrogen and oxygen atoms in total. The molecule has 22 heavy (non-hydrogen) atoms. The van der Waals surface area contributed by atoms with Crippen LogP contribution < -0.4 is 4.74 Å². The molecule has 5 heteroatoms. The number of likely N-dealkylation sites (N-methyl/N-ethyl adjacent to an activating group) is 1. The maximum absolute atomic E-state index is 12.1. The summed E-state index contributed by atoms with van der Waals surface area (Å²) in [4.78, 5) is 24.3. The Bertz CT molecular complexity index is 552. The quantitative estimate of drug-likeness (QED) is 0.595. The first-order chi connectivity index (χ1) is 10.7. The van der Waals surface area contributed by atoms with Crippen molar-refractivity contribution in [1.29, 1.82) is 0 Å². The van der Waals surface area contributed by atoms with E-state index in [9.17, 15) is 9.70 Å². The van der Waals surface area contributed by atoms with E-state index in [4.69, 9.17) is 4.74 Å². The summed E-state index contributed by atoms with van der Waals surface area (Å²) in [5.41, 5.74) is -0.0623. The molecule has 1 amide bonds. The van der Waals surface area contributed by atoms with Gasteiger partial charge in [0.2, 0.25) is 0 Å². The average Bonchev–Trinajstić information content (AvgIpc) is 3.07. The molecule has 1 saturated carbocycles. The number of rotatable bonds is 6. The van der Waals surface area contributed by atoms with Crippen molar-refractivity contribution in [3.05, 3.63) is 29.2 Å². The zero-order chi connectivity index (χ0) is 15.6. The predicted molar refractivity (Wildman–Crippen MR) is 84.1 cm³/mol. The van der Waals surface area contributed by atoms with Crippen LogP contribution in [0.4, 0.5) is 5.69 Å². The van der Waals surface area contributed by atoms with E-state index in [2.05, 4.69) is 5.18 Å². The van der Waals surface area contributed by atoms with Crippen LogP contribution in [-0.4, -0.2) is 30.0 Å². The van der Waals surface area contributed by atoms with Crippen molar-refractivity contribution in [3.63, 3.8) is 0 Å². The summed E-state index contributed by atoms with van der Waals surface area (Å²) in [5.74, 6) is 1.49. The molecule has 2 aliphatic rings. The van der Waals surface area contributed by atoms with Gasteiger partial charge in [-0.05, 0) is 41.8 Å². The fraction of sp³-hybridized carbons (Fsp3) is 0.588. The summed E-state index contributed by atoms with van der Waals surface area (Å²) in [6.07, 6.45) is 7.22. The molecule has 0 aromatic heterocycles. The minimum atomic E-state index is -0.441. The smallest absolute Gasteiger partial charge is 0.252 e. The summed E-state index contributed by atoms with van der Waals surface area (Å²) in [6.45, 7) is 0.382. The van der Waals surface area contributed by atoms with Crippen LogP contribution in [0.3, 0.4) is 0 Å². The number of benzene rings is 1. The van der Waals surface area contributed by atoms with Gasteiger partial charge in [0.15, 0.2) is 5.54 Å². The fourth-order valence-electron chi connectivity index (χ4n) is 3.54. The number of hydrogen-bond donors (Lipinski definition) is 0. The van der Waals surface area contributed by atoms with Crippen molar-refractivity contribution < 1.29 is 9.53 Å². The molecule has 1 aromatic rings. The Hall–Kier alpha value is -1.91. The Morgan fingerprint density at radius 3 is 2.41 bits per heavy atom. The van der Waals surface area contributed by atoms with Gasteiger partial charge in [0, 0.05) is 7.05 Å². The van der Waals surface area contributed by atoms with Crippen LogP contribution in [0, 0.1) is 10.8 Å². The number of ether oxygens (including phenoxy) is 1. The Kier molecular flexibility index (Phi) is 4.14. The number of nitrogens with zero attached hydrogens (tertiary/aromatic N) is 2. The highest BCUT2D eigenvalue weighted by Gasteiger charge is 2.61. The fourth-order valence-corrected chi connectivity index (χ4v) is 3.54. The van der Waals surface area contributed by atoms with E-state index in [0.717, 1.165) is 6.42 Å². The van der Waals surface area contributed by atoms with Crippen molar-refractivity contribution in [2.75, 3.05) is 13.7 Å². The van der Waals surface area contributed by atoms with Crippen molar-refractivity contribution in [2.45, 2.75) is 44.1 Å². The second-order valence-corrected chi connectivity index (χ2v) is 6.48. The Morgan fingerprint density at radius 1 is 1.23 bits per heavy atom. The summed E-state index contributed by atoms with van der Waals surface area (Å²) < 4.78 is 5.81. The number of amides is 1.